The van der Waals surface area contributed by atoms with Crippen LogP contribution in [0.2, 0.25) is 0 Å². The summed E-state index contributed by atoms with van der Waals surface area (Å²) in [5.41, 5.74) is 7.14. The van der Waals surface area contributed by atoms with Gasteiger partial charge in [0.05, 0.1) is 0 Å². The Morgan fingerprint density at radius 1 is 1.24 bits per heavy atom. The summed E-state index contributed by atoms with van der Waals surface area (Å²) < 4.78 is 7.21. The van der Waals surface area contributed by atoms with Crippen molar-refractivity contribution >= 4 is 38.0 Å². The van der Waals surface area contributed by atoms with E-state index in [-0.39, 0.29) is 6.04 Å². The van der Waals surface area contributed by atoms with Crippen molar-refractivity contribution in [2.75, 3.05) is 0 Å². The molecule has 108 valence electrons. The molecule has 0 saturated carbocycles. The topological polar surface area (TPSA) is 35.2 Å². The monoisotopic (exact) mass is 361 g/mol. The number of fused-ring (bicyclic) bond motifs is 1. The fourth-order valence-corrected chi connectivity index (χ4v) is 3.71. The minimum absolute atomic E-state index is 0.0559. The summed E-state index contributed by atoms with van der Waals surface area (Å²) in [7, 11) is 0. The summed E-state index contributed by atoms with van der Waals surface area (Å²) >= 11 is 5.16. The van der Waals surface area contributed by atoms with Gasteiger partial charge in [0.1, 0.15) is 12.4 Å². The van der Waals surface area contributed by atoms with Crippen LogP contribution in [0.1, 0.15) is 23.4 Å². The van der Waals surface area contributed by atoms with Crippen molar-refractivity contribution < 1.29 is 4.74 Å². The average Bonchev–Trinajstić information content (AvgIpc) is 2.90. The Morgan fingerprint density at radius 2 is 2.05 bits per heavy atom. The minimum Gasteiger partial charge on any atom is -0.487 e. The molecular formula is C17H16BrNOS. The number of thiophene rings is 1. The molecule has 1 heterocycles. The van der Waals surface area contributed by atoms with Gasteiger partial charge in [0.15, 0.2) is 0 Å². The lowest BCUT2D eigenvalue weighted by molar-refractivity contribution is 0.309. The SMILES string of the molecule is C[C@H](N)c1ccc2ccccc2c1OCc1cc(Br)cs1. The fourth-order valence-electron chi connectivity index (χ4n) is 2.35. The van der Waals surface area contributed by atoms with Crippen LogP contribution in [0.4, 0.5) is 0 Å². The molecule has 0 radical (unpaired) electrons. The molecule has 0 fully saturated rings. The Kier molecular flexibility index (Phi) is 4.29. The number of rotatable bonds is 4. The van der Waals surface area contributed by atoms with Crippen LogP contribution >= 0.6 is 27.3 Å². The van der Waals surface area contributed by atoms with Crippen LogP contribution in [0, 0.1) is 0 Å². The van der Waals surface area contributed by atoms with E-state index in [1.807, 2.05) is 19.1 Å². The van der Waals surface area contributed by atoms with E-state index in [9.17, 15) is 0 Å². The molecule has 0 bridgehead atoms. The van der Waals surface area contributed by atoms with E-state index in [2.05, 4.69) is 51.6 Å². The molecule has 4 heteroatoms. The summed E-state index contributed by atoms with van der Waals surface area (Å²) in [6, 6.07) is 14.4. The first-order valence-electron chi connectivity index (χ1n) is 6.78. The third kappa shape index (κ3) is 3.12. The molecule has 1 aromatic heterocycles. The van der Waals surface area contributed by atoms with Crippen LogP contribution in [0.3, 0.4) is 0 Å². The van der Waals surface area contributed by atoms with E-state index in [1.54, 1.807) is 11.3 Å². The zero-order chi connectivity index (χ0) is 14.8. The molecule has 0 saturated heterocycles. The van der Waals surface area contributed by atoms with Gasteiger partial charge < -0.3 is 10.5 Å². The van der Waals surface area contributed by atoms with Gasteiger partial charge in [-0.2, -0.15) is 0 Å². The van der Waals surface area contributed by atoms with Crippen molar-refractivity contribution in [2.45, 2.75) is 19.6 Å². The molecule has 21 heavy (non-hydrogen) atoms. The Morgan fingerprint density at radius 3 is 2.76 bits per heavy atom. The summed E-state index contributed by atoms with van der Waals surface area (Å²) in [5.74, 6) is 0.896. The maximum absolute atomic E-state index is 6.12. The molecule has 2 nitrogen and oxygen atoms in total. The molecule has 0 aliphatic heterocycles. The third-order valence-electron chi connectivity index (χ3n) is 3.38. The Hall–Kier alpha value is -1.36. The molecular weight excluding hydrogens is 346 g/mol. The lowest BCUT2D eigenvalue weighted by Gasteiger charge is -2.16. The molecule has 2 N–H and O–H groups in total. The summed E-state index contributed by atoms with van der Waals surface area (Å²) in [6.07, 6.45) is 0. The molecule has 0 unspecified atom stereocenters. The van der Waals surface area contributed by atoms with Gasteiger partial charge in [-0.05, 0) is 34.3 Å². The normalized spacial score (nSPS) is 12.5. The average molecular weight is 362 g/mol. The van der Waals surface area contributed by atoms with Gasteiger partial charge in [-0.1, -0.05) is 36.4 Å². The van der Waals surface area contributed by atoms with Gasteiger partial charge in [-0.25, -0.2) is 0 Å². The van der Waals surface area contributed by atoms with Crippen LogP contribution in [-0.4, -0.2) is 0 Å². The van der Waals surface area contributed by atoms with Gasteiger partial charge in [0, 0.05) is 31.7 Å². The molecule has 0 aliphatic rings. The van der Waals surface area contributed by atoms with Crippen molar-refractivity contribution in [1.29, 1.82) is 0 Å². The van der Waals surface area contributed by atoms with Crippen molar-refractivity contribution in [3.05, 3.63) is 62.8 Å². The molecule has 0 aliphatic carbocycles. The standard InChI is InChI=1S/C17H16BrNOS/c1-11(19)15-7-6-12-4-2-3-5-16(12)17(15)20-9-14-8-13(18)10-21-14/h2-8,10-11H,9,19H2,1H3/t11-/m0/s1. The van der Waals surface area contributed by atoms with Crippen LogP contribution in [-0.2, 0) is 6.61 Å². The van der Waals surface area contributed by atoms with Crippen LogP contribution in [0.5, 0.6) is 5.75 Å². The van der Waals surface area contributed by atoms with Crippen LogP contribution in [0.25, 0.3) is 10.8 Å². The largest absolute Gasteiger partial charge is 0.487 e. The van der Waals surface area contributed by atoms with Gasteiger partial charge in [-0.3, -0.25) is 0 Å². The van der Waals surface area contributed by atoms with E-state index >= 15 is 0 Å². The van der Waals surface area contributed by atoms with Crippen molar-refractivity contribution in [1.82, 2.24) is 0 Å². The summed E-state index contributed by atoms with van der Waals surface area (Å²) in [6.45, 7) is 2.54. The number of halogens is 1. The van der Waals surface area contributed by atoms with Crippen molar-refractivity contribution in [2.24, 2.45) is 5.73 Å². The second-order valence-electron chi connectivity index (χ2n) is 5.01. The highest BCUT2D eigenvalue weighted by Gasteiger charge is 2.12. The lowest BCUT2D eigenvalue weighted by atomic mass is 10.0. The van der Waals surface area contributed by atoms with Gasteiger partial charge in [0.2, 0.25) is 0 Å². The fraction of sp³-hybridized carbons (Fsp3) is 0.176. The second-order valence-corrected chi connectivity index (χ2v) is 6.93. The predicted octanol–water partition coefficient (Wildman–Crippen LogP) is 5.26. The molecule has 0 amide bonds. The van der Waals surface area contributed by atoms with E-state index < -0.39 is 0 Å². The van der Waals surface area contributed by atoms with E-state index in [0.29, 0.717) is 6.61 Å². The Bertz CT molecular complexity index is 766. The molecule has 3 aromatic rings. The van der Waals surface area contributed by atoms with Crippen LogP contribution < -0.4 is 10.5 Å². The third-order valence-corrected chi connectivity index (χ3v) is 5.05. The zero-order valence-corrected chi connectivity index (χ0v) is 14.1. The molecule has 3 rings (SSSR count). The smallest absolute Gasteiger partial charge is 0.132 e. The zero-order valence-electron chi connectivity index (χ0n) is 11.7. The van der Waals surface area contributed by atoms with E-state index in [1.165, 1.54) is 10.3 Å². The number of hydrogen-bond acceptors (Lipinski definition) is 3. The van der Waals surface area contributed by atoms with E-state index in [0.717, 1.165) is 21.2 Å². The van der Waals surface area contributed by atoms with Gasteiger partial charge >= 0.3 is 0 Å². The number of hydrogen-bond donors (Lipinski definition) is 1. The van der Waals surface area contributed by atoms with Gasteiger partial charge in [0.25, 0.3) is 0 Å². The summed E-state index contributed by atoms with van der Waals surface area (Å²) in [5, 5.41) is 4.35. The highest BCUT2D eigenvalue weighted by Crippen LogP contribution is 2.34. The number of ether oxygens (including phenoxy) is 1. The second kappa shape index (κ2) is 6.18. The van der Waals surface area contributed by atoms with Gasteiger partial charge in [-0.15, -0.1) is 11.3 Å². The highest BCUT2D eigenvalue weighted by molar-refractivity contribution is 9.10. The molecule has 2 aromatic carbocycles. The minimum atomic E-state index is -0.0559. The predicted molar refractivity (Wildman–Crippen MR) is 92.9 cm³/mol. The number of benzene rings is 2. The van der Waals surface area contributed by atoms with Crippen molar-refractivity contribution in [3.8, 4) is 5.75 Å². The first-order chi connectivity index (χ1) is 10.1. The highest BCUT2D eigenvalue weighted by atomic mass is 79.9. The Balaban J connectivity index is 1.99. The maximum atomic E-state index is 6.12. The first-order valence-corrected chi connectivity index (χ1v) is 8.45. The summed E-state index contributed by atoms with van der Waals surface area (Å²) in [4.78, 5) is 1.19. The lowest BCUT2D eigenvalue weighted by Crippen LogP contribution is -2.08. The van der Waals surface area contributed by atoms with E-state index in [4.69, 9.17) is 10.5 Å². The Labute approximate surface area is 136 Å². The van der Waals surface area contributed by atoms with Crippen molar-refractivity contribution in [3.63, 3.8) is 0 Å². The maximum Gasteiger partial charge on any atom is 0.132 e. The quantitative estimate of drug-likeness (QED) is 0.687. The van der Waals surface area contributed by atoms with Crippen LogP contribution in [0.15, 0.2) is 52.3 Å². The molecule has 1 atom stereocenters. The molecule has 0 spiro atoms. The number of nitrogens with two attached hydrogens (primary N) is 1. The first kappa shape index (κ1) is 14.6.